The van der Waals surface area contributed by atoms with E-state index in [0.29, 0.717) is 6.54 Å². The third kappa shape index (κ3) is 5.57. The Bertz CT molecular complexity index is 567. The van der Waals surface area contributed by atoms with Crippen LogP contribution in [-0.4, -0.2) is 31.0 Å². The van der Waals surface area contributed by atoms with Crippen molar-refractivity contribution in [2.75, 3.05) is 6.54 Å². The van der Waals surface area contributed by atoms with Gasteiger partial charge in [0.2, 0.25) is 0 Å². The van der Waals surface area contributed by atoms with E-state index in [9.17, 15) is 0 Å². The van der Waals surface area contributed by atoms with Gasteiger partial charge in [-0.1, -0.05) is 30.3 Å². The first-order chi connectivity index (χ1) is 10.0. The summed E-state index contributed by atoms with van der Waals surface area (Å²) in [6, 6.07) is 10.2. The molecule has 0 N–H and O–H groups in total. The normalized spacial score (nSPS) is 13.5. The van der Waals surface area contributed by atoms with Crippen LogP contribution in [0.1, 0.15) is 17.4 Å². The molecule has 0 aliphatic carbocycles. The van der Waals surface area contributed by atoms with Crippen molar-refractivity contribution in [3.05, 3.63) is 60.2 Å². The summed E-state index contributed by atoms with van der Waals surface area (Å²) in [4.78, 5) is 12.7. The number of aliphatic imine (C=N–C) groups is 1. The van der Waals surface area contributed by atoms with E-state index in [1.54, 1.807) is 24.8 Å². The average Bonchev–Trinajstić information content (AvgIpc) is 2.47. The molecule has 0 saturated carbocycles. The Morgan fingerprint density at radius 1 is 1.19 bits per heavy atom. The molecular weight excluding hydrogens is 278 g/mol. The van der Waals surface area contributed by atoms with Gasteiger partial charge in [0.25, 0.3) is 0 Å². The Kier molecular flexibility index (Phi) is 5.36. The maximum atomic E-state index is 6.25. The quantitative estimate of drug-likeness (QED) is 0.606. The summed E-state index contributed by atoms with van der Waals surface area (Å²) < 4.78 is 6.25. The van der Waals surface area contributed by atoms with Gasteiger partial charge in [0.15, 0.2) is 8.32 Å². The van der Waals surface area contributed by atoms with E-state index in [4.69, 9.17) is 4.43 Å². The molecule has 1 atom stereocenters. The highest BCUT2D eigenvalue weighted by Crippen LogP contribution is 2.22. The number of rotatable bonds is 6. The van der Waals surface area contributed by atoms with Crippen LogP contribution in [0, 0.1) is 0 Å². The van der Waals surface area contributed by atoms with Gasteiger partial charge in [-0.15, -0.1) is 0 Å². The average molecular weight is 299 g/mol. The summed E-state index contributed by atoms with van der Waals surface area (Å²) >= 11 is 0. The molecule has 2 rings (SSSR count). The molecule has 0 bridgehead atoms. The second kappa shape index (κ2) is 7.24. The number of nitrogens with zero attached hydrogens (tertiary/aromatic N) is 3. The molecule has 5 heteroatoms. The first kappa shape index (κ1) is 15.5. The van der Waals surface area contributed by atoms with Crippen LogP contribution in [0.5, 0.6) is 0 Å². The summed E-state index contributed by atoms with van der Waals surface area (Å²) in [6.45, 7) is 7.16. The monoisotopic (exact) mass is 299 g/mol. The smallest absolute Gasteiger partial charge is 0.184 e. The third-order valence-electron chi connectivity index (χ3n) is 2.75. The Balaban J connectivity index is 2.08. The number of hydrogen-bond donors (Lipinski definition) is 0. The van der Waals surface area contributed by atoms with Crippen molar-refractivity contribution < 1.29 is 4.43 Å². The van der Waals surface area contributed by atoms with Crippen LogP contribution in [0.4, 0.5) is 0 Å². The van der Waals surface area contributed by atoms with Crippen LogP contribution in [0.15, 0.2) is 53.9 Å². The molecule has 110 valence electrons. The van der Waals surface area contributed by atoms with E-state index in [1.165, 1.54) is 0 Å². The van der Waals surface area contributed by atoms with Crippen LogP contribution >= 0.6 is 0 Å². The van der Waals surface area contributed by atoms with E-state index in [2.05, 4.69) is 46.7 Å². The molecule has 4 nitrogen and oxygen atoms in total. The number of benzene rings is 1. The number of hydrogen-bond acceptors (Lipinski definition) is 4. The lowest BCUT2D eigenvalue weighted by Crippen LogP contribution is -2.29. The van der Waals surface area contributed by atoms with E-state index in [0.717, 1.165) is 11.3 Å². The molecule has 21 heavy (non-hydrogen) atoms. The van der Waals surface area contributed by atoms with Crippen LogP contribution < -0.4 is 0 Å². The molecule has 0 radical (unpaired) electrons. The van der Waals surface area contributed by atoms with Crippen molar-refractivity contribution in [3.8, 4) is 0 Å². The van der Waals surface area contributed by atoms with Crippen molar-refractivity contribution >= 4 is 14.5 Å². The molecule has 0 fully saturated rings. The fraction of sp³-hybridized carbons (Fsp3) is 0.312. The van der Waals surface area contributed by atoms with Crippen molar-refractivity contribution in [1.82, 2.24) is 9.97 Å². The summed E-state index contributed by atoms with van der Waals surface area (Å²) in [7, 11) is -1.63. The molecule has 0 aliphatic heterocycles. The standard InChI is InChI=1S/C16H21N3OSi/c1-21(2,3)20-16(14-7-5-4-6-8-14)13-18-12-15-11-17-9-10-19-15/h4-12,16H,13H2,1-3H3. The molecular formula is C16H21N3OSi. The molecule has 0 spiro atoms. The molecule has 2 aromatic rings. The summed E-state index contributed by atoms with van der Waals surface area (Å²) in [5.74, 6) is 0. The van der Waals surface area contributed by atoms with Gasteiger partial charge in [-0.3, -0.25) is 15.0 Å². The van der Waals surface area contributed by atoms with Gasteiger partial charge in [0.1, 0.15) is 0 Å². The minimum atomic E-state index is -1.63. The zero-order valence-corrected chi connectivity index (χ0v) is 13.7. The Labute approximate surface area is 127 Å². The van der Waals surface area contributed by atoms with Crippen molar-refractivity contribution in [1.29, 1.82) is 0 Å². The predicted molar refractivity (Wildman–Crippen MR) is 88.1 cm³/mol. The molecule has 0 amide bonds. The van der Waals surface area contributed by atoms with E-state index >= 15 is 0 Å². The van der Waals surface area contributed by atoms with Crippen LogP contribution in [0.3, 0.4) is 0 Å². The van der Waals surface area contributed by atoms with Gasteiger partial charge in [-0.25, -0.2) is 0 Å². The molecule has 1 unspecified atom stereocenters. The van der Waals surface area contributed by atoms with Gasteiger partial charge in [-0.2, -0.15) is 0 Å². The van der Waals surface area contributed by atoms with Crippen LogP contribution in [0.2, 0.25) is 19.6 Å². The Morgan fingerprint density at radius 2 is 1.95 bits per heavy atom. The Morgan fingerprint density at radius 3 is 2.57 bits per heavy atom. The van der Waals surface area contributed by atoms with E-state index < -0.39 is 8.32 Å². The van der Waals surface area contributed by atoms with Gasteiger partial charge in [-0.05, 0) is 25.2 Å². The molecule has 1 aromatic heterocycles. The highest BCUT2D eigenvalue weighted by molar-refractivity contribution is 6.69. The predicted octanol–water partition coefficient (Wildman–Crippen LogP) is 3.49. The lowest BCUT2D eigenvalue weighted by Gasteiger charge is -2.25. The van der Waals surface area contributed by atoms with Gasteiger partial charge in [0, 0.05) is 18.6 Å². The topological polar surface area (TPSA) is 47.4 Å². The fourth-order valence-corrected chi connectivity index (χ4v) is 2.99. The van der Waals surface area contributed by atoms with E-state index in [1.807, 2.05) is 18.2 Å². The number of aromatic nitrogens is 2. The highest BCUT2D eigenvalue weighted by atomic mass is 28.4. The van der Waals surface area contributed by atoms with Gasteiger partial charge >= 0.3 is 0 Å². The SMILES string of the molecule is C[Si](C)(C)OC(CN=Cc1cnccn1)c1ccccc1. The first-order valence-corrected chi connectivity index (χ1v) is 10.4. The van der Waals surface area contributed by atoms with Crippen molar-refractivity contribution in [3.63, 3.8) is 0 Å². The Hall–Kier alpha value is -1.85. The molecule has 0 aliphatic rings. The summed E-state index contributed by atoms with van der Waals surface area (Å²) in [6.07, 6.45) is 6.75. The second-order valence-corrected chi connectivity index (χ2v) is 10.2. The molecule has 0 saturated heterocycles. The van der Waals surface area contributed by atoms with Crippen molar-refractivity contribution in [2.45, 2.75) is 25.7 Å². The summed E-state index contributed by atoms with van der Waals surface area (Å²) in [5.41, 5.74) is 1.92. The molecule has 1 heterocycles. The fourth-order valence-electron chi connectivity index (χ4n) is 1.92. The zero-order chi connectivity index (χ0) is 15.1. The molecule has 1 aromatic carbocycles. The minimum absolute atomic E-state index is 0.00853. The maximum absolute atomic E-state index is 6.25. The zero-order valence-electron chi connectivity index (χ0n) is 12.7. The largest absolute Gasteiger partial charge is 0.409 e. The highest BCUT2D eigenvalue weighted by Gasteiger charge is 2.21. The van der Waals surface area contributed by atoms with Crippen LogP contribution in [0.25, 0.3) is 0 Å². The lowest BCUT2D eigenvalue weighted by atomic mass is 10.1. The van der Waals surface area contributed by atoms with Crippen LogP contribution in [-0.2, 0) is 4.43 Å². The van der Waals surface area contributed by atoms with Gasteiger partial charge in [0.05, 0.1) is 24.5 Å². The lowest BCUT2D eigenvalue weighted by molar-refractivity contribution is 0.207. The minimum Gasteiger partial charge on any atom is -0.409 e. The van der Waals surface area contributed by atoms with Crippen molar-refractivity contribution in [2.24, 2.45) is 4.99 Å². The second-order valence-electron chi connectivity index (χ2n) is 5.75. The first-order valence-electron chi connectivity index (χ1n) is 7.03. The third-order valence-corrected chi connectivity index (χ3v) is 3.74. The summed E-state index contributed by atoms with van der Waals surface area (Å²) in [5, 5.41) is 0. The van der Waals surface area contributed by atoms with Gasteiger partial charge < -0.3 is 4.43 Å². The van der Waals surface area contributed by atoms with E-state index in [-0.39, 0.29) is 6.10 Å². The maximum Gasteiger partial charge on any atom is 0.184 e.